The predicted octanol–water partition coefficient (Wildman–Crippen LogP) is 2.59. The fourth-order valence-electron chi connectivity index (χ4n) is 1.76. The molecule has 0 saturated heterocycles. The molecule has 1 aromatic carbocycles. The lowest BCUT2D eigenvalue weighted by Gasteiger charge is -2.11. The van der Waals surface area contributed by atoms with Crippen LogP contribution in [0.4, 0.5) is 8.78 Å². The Hall–Kier alpha value is -1.25. The molecule has 0 N–H and O–H groups in total. The van der Waals surface area contributed by atoms with Crippen LogP contribution in [0.15, 0.2) is 18.2 Å². The van der Waals surface area contributed by atoms with E-state index >= 15 is 0 Å². The molecule has 0 atom stereocenters. The summed E-state index contributed by atoms with van der Waals surface area (Å²) in [6.07, 6.45) is 1.49. The highest BCUT2D eigenvalue weighted by Gasteiger charge is 2.48. The van der Waals surface area contributed by atoms with Crippen LogP contribution in [0.1, 0.15) is 25.3 Å². The first-order chi connectivity index (χ1) is 6.56. The second-order valence-corrected chi connectivity index (χ2v) is 3.77. The van der Waals surface area contributed by atoms with Gasteiger partial charge in [-0.15, -0.1) is 0 Å². The van der Waals surface area contributed by atoms with Gasteiger partial charge in [0.15, 0.2) is 11.6 Å². The maximum atomic E-state index is 12.9. The molecule has 0 radical (unpaired) electrons. The monoisotopic (exact) mass is 196 g/mol. The van der Waals surface area contributed by atoms with Crippen LogP contribution < -0.4 is 0 Å². The SMILES string of the molecule is CC(=O)C1(c2ccc(F)c(F)c2)CC1. The quantitative estimate of drug-likeness (QED) is 0.710. The van der Waals surface area contributed by atoms with Crippen LogP contribution in [0, 0.1) is 11.6 Å². The van der Waals surface area contributed by atoms with Gasteiger partial charge in [-0.3, -0.25) is 4.79 Å². The van der Waals surface area contributed by atoms with Crippen molar-refractivity contribution in [2.24, 2.45) is 0 Å². The third kappa shape index (κ3) is 1.24. The topological polar surface area (TPSA) is 17.1 Å². The normalized spacial score (nSPS) is 17.9. The van der Waals surface area contributed by atoms with Gasteiger partial charge >= 0.3 is 0 Å². The third-order valence-corrected chi connectivity index (χ3v) is 2.90. The highest BCUT2D eigenvalue weighted by molar-refractivity contribution is 5.91. The summed E-state index contributed by atoms with van der Waals surface area (Å²) in [7, 11) is 0. The van der Waals surface area contributed by atoms with Crippen molar-refractivity contribution in [2.75, 3.05) is 0 Å². The number of ketones is 1. The molecular weight excluding hydrogens is 186 g/mol. The summed E-state index contributed by atoms with van der Waals surface area (Å²) in [5.41, 5.74) is 0.0815. The van der Waals surface area contributed by atoms with Gasteiger partial charge < -0.3 is 0 Å². The lowest BCUT2D eigenvalue weighted by atomic mass is 9.92. The zero-order valence-corrected chi connectivity index (χ0v) is 7.81. The molecule has 1 fully saturated rings. The number of benzene rings is 1. The molecule has 2 rings (SSSR count). The number of hydrogen-bond acceptors (Lipinski definition) is 1. The van der Waals surface area contributed by atoms with Gasteiger partial charge in [0, 0.05) is 0 Å². The minimum atomic E-state index is -0.880. The number of carbonyl (C=O) groups is 1. The first kappa shape index (κ1) is 9.31. The molecule has 0 bridgehead atoms. The molecule has 1 saturated carbocycles. The predicted molar refractivity (Wildman–Crippen MR) is 48.0 cm³/mol. The second-order valence-electron chi connectivity index (χ2n) is 3.77. The number of carbonyl (C=O) groups excluding carboxylic acids is 1. The summed E-state index contributed by atoms with van der Waals surface area (Å²) < 4.78 is 25.6. The molecule has 1 aliphatic carbocycles. The van der Waals surface area contributed by atoms with E-state index in [4.69, 9.17) is 0 Å². The summed E-state index contributed by atoms with van der Waals surface area (Å²) in [5, 5.41) is 0. The minimum Gasteiger partial charge on any atom is -0.299 e. The van der Waals surface area contributed by atoms with Gasteiger partial charge in [0.2, 0.25) is 0 Å². The lowest BCUT2D eigenvalue weighted by Crippen LogP contribution is -2.17. The zero-order chi connectivity index (χ0) is 10.3. The standard InChI is InChI=1S/C11H10F2O/c1-7(14)11(4-5-11)8-2-3-9(12)10(13)6-8/h2-3,6H,4-5H2,1H3. The van der Waals surface area contributed by atoms with Crippen molar-refractivity contribution in [1.82, 2.24) is 0 Å². The molecule has 0 unspecified atom stereocenters. The zero-order valence-electron chi connectivity index (χ0n) is 7.81. The second kappa shape index (κ2) is 2.87. The fraction of sp³-hybridized carbons (Fsp3) is 0.364. The third-order valence-electron chi connectivity index (χ3n) is 2.90. The molecule has 1 aromatic rings. The van der Waals surface area contributed by atoms with Gasteiger partial charge in [-0.2, -0.15) is 0 Å². The van der Waals surface area contributed by atoms with Crippen molar-refractivity contribution in [3.05, 3.63) is 35.4 Å². The highest BCUT2D eigenvalue weighted by atomic mass is 19.2. The van der Waals surface area contributed by atoms with Crippen LogP contribution >= 0.6 is 0 Å². The molecule has 0 heterocycles. The summed E-state index contributed by atoms with van der Waals surface area (Å²) >= 11 is 0. The van der Waals surface area contributed by atoms with E-state index in [0.717, 1.165) is 25.0 Å². The van der Waals surface area contributed by atoms with Crippen LogP contribution in [0.2, 0.25) is 0 Å². The summed E-state index contributed by atoms with van der Waals surface area (Å²) in [5.74, 6) is -1.72. The van der Waals surface area contributed by atoms with Crippen molar-refractivity contribution in [1.29, 1.82) is 0 Å². The van der Waals surface area contributed by atoms with Gasteiger partial charge in [0.25, 0.3) is 0 Å². The van der Waals surface area contributed by atoms with Crippen LogP contribution in [-0.2, 0) is 10.2 Å². The highest BCUT2D eigenvalue weighted by Crippen LogP contribution is 2.49. The Morgan fingerprint density at radius 3 is 2.36 bits per heavy atom. The van der Waals surface area contributed by atoms with E-state index in [2.05, 4.69) is 0 Å². The molecule has 14 heavy (non-hydrogen) atoms. The van der Waals surface area contributed by atoms with Crippen molar-refractivity contribution in [3.63, 3.8) is 0 Å². The van der Waals surface area contributed by atoms with Gasteiger partial charge in [0.05, 0.1) is 5.41 Å². The van der Waals surface area contributed by atoms with Gasteiger partial charge in [-0.25, -0.2) is 8.78 Å². The van der Waals surface area contributed by atoms with E-state index in [9.17, 15) is 13.6 Å². The number of rotatable bonds is 2. The van der Waals surface area contributed by atoms with E-state index in [0.29, 0.717) is 5.56 Å². The van der Waals surface area contributed by atoms with Crippen molar-refractivity contribution in [3.8, 4) is 0 Å². The molecular formula is C11H10F2O. The van der Waals surface area contributed by atoms with Crippen LogP contribution in [0.5, 0.6) is 0 Å². The fourth-order valence-corrected chi connectivity index (χ4v) is 1.76. The average Bonchev–Trinajstić information content (AvgIpc) is 2.90. The molecule has 0 aromatic heterocycles. The Labute approximate surface area is 80.7 Å². The Morgan fingerprint density at radius 2 is 1.93 bits per heavy atom. The Balaban J connectivity index is 2.43. The summed E-state index contributed by atoms with van der Waals surface area (Å²) in [6, 6.07) is 3.70. The first-order valence-corrected chi connectivity index (χ1v) is 4.53. The summed E-state index contributed by atoms with van der Waals surface area (Å²) in [4.78, 5) is 11.3. The average molecular weight is 196 g/mol. The maximum Gasteiger partial charge on any atom is 0.159 e. The molecule has 0 aliphatic heterocycles. The smallest absolute Gasteiger partial charge is 0.159 e. The Morgan fingerprint density at radius 1 is 1.29 bits per heavy atom. The van der Waals surface area contributed by atoms with Crippen LogP contribution in [0.25, 0.3) is 0 Å². The maximum absolute atomic E-state index is 12.9. The van der Waals surface area contributed by atoms with E-state index in [1.807, 2.05) is 0 Å². The molecule has 3 heteroatoms. The van der Waals surface area contributed by atoms with Gasteiger partial charge in [-0.1, -0.05) is 6.07 Å². The largest absolute Gasteiger partial charge is 0.299 e. The van der Waals surface area contributed by atoms with Crippen LogP contribution in [0.3, 0.4) is 0 Å². The van der Waals surface area contributed by atoms with Crippen molar-refractivity contribution >= 4 is 5.78 Å². The number of Topliss-reactive ketones (excluding diaryl/α,β-unsaturated/α-hetero) is 1. The molecule has 0 amide bonds. The van der Waals surface area contributed by atoms with E-state index in [-0.39, 0.29) is 5.78 Å². The number of halogens is 2. The molecule has 0 spiro atoms. The summed E-state index contributed by atoms with van der Waals surface area (Å²) in [6.45, 7) is 1.49. The van der Waals surface area contributed by atoms with Crippen LogP contribution in [-0.4, -0.2) is 5.78 Å². The Kier molecular flexibility index (Phi) is 1.91. The Bertz CT molecular complexity index is 394. The van der Waals surface area contributed by atoms with Crippen molar-refractivity contribution in [2.45, 2.75) is 25.2 Å². The van der Waals surface area contributed by atoms with Crippen molar-refractivity contribution < 1.29 is 13.6 Å². The van der Waals surface area contributed by atoms with Gasteiger partial charge in [-0.05, 0) is 37.5 Å². The first-order valence-electron chi connectivity index (χ1n) is 4.53. The lowest BCUT2D eigenvalue weighted by molar-refractivity contribution is -0.119. The molecule has 74 valence electrons. The minimum absolute atomic E-state index is 0.0310. The van der Waals surface area contributed by atoms with E-state index in [1.54, 1.807) is 0 Å². The molecule has 1 aliphatic rings. The number of hydrogen-bond donors (Lipinski definition) is 0. The van der Waals surface area contributed by atoms with Gasteiger partial charge in [0.1, 0.15) is 5.78 Å². The van der Waals surface area contributed by atoms with E-state index < -0.39 is 17.0 Å². The van der Waals surface area contributed by atoms with E-state index in [1.165, 1.54) is 13.0 Å². The molecule has 1 nitrogen and oxygen atoms in total.